The van der Waals surface area contributed by atoms with Gasteiger partial charge in [-0.15, -0.1) is 0 Å². The van der Waals surface area contributed by atoms with E-state index in [1.807, 2.05) is 0 Å². The fourth-order valence-electron chi connectivity index (χ4n) is 3.66. The molecule has 0 aromatic rings. The van der Waals surface area contributed by atoms with Gasteiger partial charge in [0.2, 0.25) is 0 Å². The fraction of sp³-hybridized carbons (Fsp3) is 0.700. The van der Waals surface area contributed by atoms with Gasteiger partial charge in [0, 0.05) is 17.8 Å². The summed E-state index contributed by atoms with van der Waals surface area (Å²) in [5.41, 5.74) is 0. The Kier molecular flexibility index (Phi) is 1.07. The van der Waals surface area contributed by atoms with Crippen molar-refractivity contribution in [3.05, 3.63) is 12.2 Å². The minimum absolute atomic E-state index is 0.175. The second kappa shape index (κ2) is 1.94. The lowest BCUT2D eigenvalue weighted by atomic mass is 9.76. The first-order valence-corrected chi connectivity index (χ1v) is 5.72. The first-order valence-electron chi connectivity index (χ1n) is 4.80. The average molecular weight is 241 g/mol. The number of hydrogen-bond acceptors (Lipinski definition) is 2. The van der Waals surface area contributed by atoms with Gasteiger partial charge in [0.25, 0.3) is 0 Å². The third-order valence-corrected chi connectivity index (χ3v) is 5.22. The van der Waals surface area contributed by atoms with Crippen LogP contribution in [0.4, 0.5) is 0 Å². The van der Waals surface area contributed by atoms with Crippen LogP contribution in [-0.2, 0) is 9.53 Å². The molecular weight excluding hydrogens is 232 g/mol. The molecule has 4 fully saturated rings. The van der Waals surface area contributed by atoms with E-state index in [1.54, 1.807) is 0 Å². The molecule has 2 nitrogen and oxygen atoms in total. The Hall–Kier alpha value is -0.150. The third kappa shape index (κ3) is 0.572. The average Bonchev–Trinajstić information content (AvgIpc) is 2.61. The van der Waals surface area contributed by atoms with Crippen LogP contribution in [0, 0.1) is 23.7 Å². The smallest absolute Gasteiger partial charge is 0.144 e. The molecule has 5 rings (SSSR count). The highest BCUT2D eigenvalue weighted by atomic mass is 79.9. The first kappa shape index (κ1) is 7.18. The zero-order valence-electron chi connectivity index (χ0n) is 6.89. The van der Waals surface area contributed by atoms with Gasteiger partial charge < -0.3 is 4.74 Å². The molecule has 13 heavy (non-hydrogen) atoms. The molecule has 7 atom stereocenters. The molecule has 0 spiro atoms. The minimum Gasteiger partial charge on any atom is -0.372 e. The van der Waals surface area contributed by atoms with Crippen molar-refractivity contribution in [2.24, 2.45) is 23.7 Å². The van der Waals surface area contributed by atoms with Crippen molar-refractivity contribution in [2.45, 2.75) is 17.0 Å². The van der Waals surface area contributed by atoms with E-state index in [9.17, 15) is 4.79 Å². The Morgan fingerprint density at radius 2 is 1.85 bits per heavy atom. The lowest BCUT2D eigenvalue weighted by Crippen LogP contribution is -2.42. The molecule has 0 aromatic heterocycles. The van der Waals surface area contributed by atoms with E-state index in [-0.39, 0.29) is 22.8 Å². The number of halogens is 1. The zero-order chi connectivity index (χ0) is 8.74. The van der Waals surface area contributed by atoms with Crippen LogP contribution in [0.5, 0.6) is 0 Å². The van der Waals surface area contributed by atoms with Crippen LogP contribution in [-0.4, -0.2) is 22.8 Å². The minimum atomic E-state index is 0.175. The van der Waals surface area contributed by atoms with E-state index in [0.717, 1.165) is 0 Å². The maximum Gasteiger partial charge on any atom is 0.144 e. The molecule has 0 radical (unpaired) electrons. The van der Waals surface area contributed by atoms with Crippen molar-refractivity contribution in [1.29, 1.82) is 0 Å². The molecule has 2 saturated heterocycles. The number of carbonyl (C=O) groups excluding carboxylic acids is 1. The number of rotatable bonds is 0. The topological polar surface area (TPSA) is 26.3 Å². The van der Waals surface area contributed by atoms with Crippen molar-refractivity contribution < 1.29 is 9.53 Å². The van der Waals surface area contributed by atoms with E-state index in [2.05, 4.69) is 28.1 Å². The summed E-state index contributed by atoms with van der Waals surface area (Å²) < 4.78 is 5.89. The van der Waals surface area contributed by atoms with Crippen molar-refractivity contribution in [2.75, 3.05) is 0 Å². The Morgan fingerprint density at radius 3 is 2.62 bits per heavy atom. The quantitative estimate of drug-likeness (QED) is 0.469. The highest BCUT2D eigenvalue weighted by Gasteiger charge is 2.69. The van der Waals surface area contributed by atoms with Gasteiger partial charge in [0.15, 0.2) is 0 Å². The van der Waals surface area contributed by atoms with E-state index in [1.165, 1.54) is 0 Å². The Labute approximate surface area is 84.5 Å². The number of ketones is 1. The maximum atomic E-state index is 11.9. The lowest BCUT2D eigenvalue weighted by Gasteiger charge is -2.34. The van der Waals surface area contributed by atoms with E-state index in [4.69, 9.17) is 4.74 Å². The van der Waals surface area contributed by atoms with Gasteiger partial charge in [-0.2, -0.15) is 0 Å². The van der Waals surface area contributed by atoms with E-state index >= 15 is 0 Å². The summed E-state index contributed by atoms with van der Waals surface area (Å²) >= 11 is 3.61. The second-order valence-electron chi connectivity index (χ2n) is 4.50. The summed E-state index contributed by atoms with van der Waals surface area (Å²) in [6.45, 7) is 0. The number of carbonyl (C=O) groups is 1. The Balaban J connectivity index is 1.97. The van der Waals surface area contributed by atoms with Crippen molar-refractivity contribution in [1.82, 2.24) is 0 Å². The van der Waals surface area contributed by atoms with Crippen LogP contribution in [0.15, 0.2) is 12.2 Å². The molecule has 5 aliphatic rings. The number of Topliss-reactive ketones (excluding diaryl/α,β-unsaturated/α-hetero) is 1. The normalized spacial score (nSPS) is 65.6. The molecule has 2 saturated carbocycles. The fourth-order valence-corrected chi connectivity index (χ4v) is 4.72. The summed E-state index contributed by atoms with van der Waals surface area (Å²) in [5.74, 6) is 1.61. The molecule has 7 unspecified atom stereocenters. The molecule has 0 N–H and O–H groups in total. The molecule has 3 heteroatoms. The van der Waals surface area contributed by atoms with Crippen LogP contribution in [0.1, 0.15) is 0 Å². The molecule has 2 heterocycles. The zero-order valence-corrected chi connectivity index (χ0v) is 8.48. The van der Waals surface area contributed by atoms with Gasteiger partial charge in [-0.25, -0.2) is 0 Å². The van der Waals surface area contributed by atoms with Crippen LogP contribution in [0.3, 0.4) is 0 Å². The molecule has 6 bridgehead atoms. The second-order valence-corrected chi connectivity index (χ2v) is 5.56. The molecule has 2 aliphatic heterocycles. The maximum absolute atomic E-state index is 11.9. The predicted molar refractivity (Wildman–Crippen MR) is 49.5 cm³/mol. The number of alkyl halides is 1. The number of hydrogen-bond donors (Lipinski definition) is 0. The summed E-state index contributed by atoms with van der Waals surface area (Å²) in [7, 11) is 0. The lowest BCUT2D eigenvalue weighted by molar-refractivity contribution is -0.128. The summed E-state index contributed by atoms with van der Waals surface area (Å²) in [5, 5.41) is 0. The monoisotopic (exact) mass is 240 g/mol. The number of ether oxygens (including phenoxy) is 1. The molecular formula is C10H9BrO2. The van der Waals surface area contributed by atoms with Gasteiger partial charge in [-0.1, -0.05) is 28.1 Å². The summed E-state index contributed by atoms with van der Waals surface area (Å²) in [6, 6.07) is 0. The largest absolute Gasteiger partial charge is 0.372 e. The van der Waals surface area contributed by atoms with Gasteiger partial charge in [0.1, 0.15) is 5.78 Å². The van der Waals surface area contributed by atoms with Gasteiger partial charge in [0.05, 0.1) is 23.0 Å². The molecule has 68 valence electrons. The van der Waals surface area contributed by atoms with Crippen LogP contribution in [0.2, 0.25) is 0 Å². The van der Waals surface area contributed by atoms with Crippen LogP contribution >= 0.6 is 15.9 Å². The van der Waals surface area contributed by atoms with Crippen molar-refractivity contribution >= 4 is 21.7 Å². The Bertz CT molecular complexity index is 334. The molecule has 0 amide bonds. The van der Waals surface area contributed by atoms with Crippen molar-refractivity contribution in [3.63, 3.8) is 0 Å². The highest BCUT2D eigenvalue weighted by molar-refractivity contribution is 9.09. The highest BCUT2D eigenvalue weighted by Crippen LogP contribution is 2.60. The van der Waals surface area contributed by atoms with Crippen LogP contribution in [0.25, 0.3) is 0 Å². The van der Waals surface area contributed by atoms with Crippen molar-refractivity contribution in [3.8, 4) is 0 Å². The van der Waals surface area contributed by atoms with E-state index in [0.29, 0.717) is 23.7 Å². The summed E-state index contributed by atoms with van der Waals surface area (Å²) in [6.07, 6.45) is 4.92. The molecule has 0 aromatic carbocycles. The standard InChI is InChI=1S/C10H9BrO2/c11-7-5-3-1-2-4-6(8(5)12)10(7)13-9(3)4/h1-7,9-10H. The SMILES string of the molecule is O=C1C2C(Br)C3OC4C2C=CC4C13. The third-order valence-electron chi connectivity index (χ3n) is 4.13. The first-order chi connectivity index (χ1) is 6.29. The molecule has 3 aliphatic carbocycles. The van der Waals surface area contributed by atoms with Gasteiger partial charge >= 0.3 is 0 Å². The Morgan fingerprint density at radius 1 is 1.15 bits per heavy atom. The van der Waals surface area contributed by atoms with Gasteiger partial charge in [-0.3, -0.25) is 4.79 Å². The van der Waals surface area contributed by atoms with E-state index < -0.39 is 0 Å². The summed E-state index contributed by atoms with van der Waals surface area (Å²) in [4.78, 5) is 12.2. The van der Waals surface area contributed by atoms with Crippen LogP contribution < -0.4 is 0 Å². The van der Waals surface area contributed by atoms with Gasteiger partial charge in [-0.05, 0) is 0 Å². The predicted octanol–water partition coefficient (Wildman–Crippen LogP) is 1.15.